The molecule has 1 N–H and O–H groups in total. The maximum absolute atomic E-state index is 13.6. The number of piperazine rings is 1. The van der Waals surface area contributed by atoms with Crippen LogP contribution in [-0.4, -0.2) is 57.0 Å². The van der Waals surface area contributed by atoms with E-state index in [1.807, 2.05) is 32.9 Å². The van der Waals surface area contributed by atoms with Crippen molar-refractivity contribution < 1.29 is 21.6 Å². The molecule has 1 heterocycles. The summed E-state index contributed by atoms with van der Waals surface area (Å²) in [6, 6.07) is 18.4. The summed E-state index contributed by atoms with van der Waals surface area (Å²) in [5.41, 5.74) is 3.30. The highest BCUT2D eigenvalue weighted by Crippen LogP contribution is 2.28. The van der Waals surface area contributed by atoms with E-state index in [9.17, 15) is 21.6 Å². The van der Waals surface area contributed by atoms with Crippen molar-refractivity contribution in [3.8, 4) is 0 Å². The van der Waals surface area contributed by atoms with Crippen LogP contribution in [0.25, 0.3) is 0 Å². The molecule has 0 spiro atoms. The first-order chi connectivity index (χ1) is 17.0. The van der Waals surface area contributed by atoms with Gasteiger partial charge in [0.1, 0.15) is 6.04 Å². The van der Waals surface area contributed by atoms with E-state index in [1.54, 1.807) is 36.4 Å². The largest absolute Gasteiger partial charge is 0.324 e. The molecule has 8 nitrogen and oxygen atoms in total. The van der Waals surface area contributed by atoms with Crippen LogP contribution in [0.5, 0.6) is 0 Å². The third-order valence-electron chi connectivity index (χ3n) is 6.25. The predicted octanol–water partition coefficient (Wildman–Crippen LogP) is 3.31. The number of carbonyl (C=O) groups excluding carboxylic acids is 1. The lowest BCUT2D eigenvalue weighted by atomic mass is 10.0. The summed E-state index contributed by atoms with van der Waals surface area (Å²) in [6.07, 6.45) is 0. The number of aryl methyl sites for hydroxylation is 3. The van der Waals surface area contributed by atoms with E-state index in [0.717, 1.165) is 21.0 Å². The molecule has 190 valence electrons. The Morgan fingerprint density at radius 3 is 1.81 bits per heavy atom. The van der Waals surface area contributed by atoms with Gasteiger partial charge >= 0.3 is 0 Å². The number of sulfonamides is 2. The minimum Gasteiger partial charge on any atom is -0.324 e. The van der Waals surface area contributed by atoms with Crippen LogP contribution in [0.15, 0.2) is 82.6 Å². The molecule has 1 fully saturated rings. The summed E-state index contributed by atoms with van der Waals surface area (Å²) >= 11 is 0. The monoisotopic (exact) mass is 527 g/mol. The van der Waals surface area contributed by atoms with Crippen molar-refractivity contribution in [2.45, 2.75) is 36.6 Å². The number of nitrogens with one attached hydrogen (secondary N) is 1. The normalized spacial score (nSPS) is 17.6. The van der Waals surface area contributed by atoms with Gasteiger partial charge in [-0.2, -0.15) is 8.61 Å². The Kier molecular flexibility index (Phi) is 7.33. The van der Waals surface area contributed by atoms with Gasteiger partial charge in [0.25, 0.3) is 0 Å². The number of nitrogens with zero attached hydrogens (tertiary/aromatic N) is 2. The predicted molar refractivity (Wildman–Crippen MR) is 139 cm³/mol. The van der Waals surface area contributed by atoms with Crippen LogP contribution in [0.4, 0.5) is 5.69 Å². The fourth-order valence-electron chi connectivity index (χ4n) is 4.51. The van der Waals surface area contributed by atoms with E-state index >= 15 is 0 Å². The van der Waals surface area contributed by atoms with Crippen LogP contribution in [0, 0.1) is 20.8 Å². The molecule has 0 unspecified atom stereocenters. The average molecular weight is 528 g/mol. The molecule has 0 saturated carbocycles. The van der Waals surface area contributed by atoms with Crippen LogP contribution in [-0.2, 0) is 24.8 Å². The zero-order valence-corrected chi connectivity index (χ0v) is 22.0. The highest BCUT2D eigenvalue weighted by molar-refractivity contribution is 7.89. The van der Waals surface area contributed by atoms with Crippen molar-refractivity contribution in [3.63, 3.8) is 0 Å². The molecule has 1 aliphatic rings. The third kappa shape index (κ3) is 5.08. The van der Waals surface area contributed by atoms with Gasteiger partial charge in [0.15, 0.2) is 0 Å². The molecule has 1 aliphatic heterocycles. The fourth-order valence-corrected chi connectivity index (χ4v) is 7.56. The molecule has 1 saturated heterocycles. The Morgan fingerprint density at radius 2 is 1.28 bits per heavy atom. The highest BCUT2D eigenvalue weighted by Gasteiger charge is 2.43. The summed E-state index contributed by atoms with van der Waals surface area (Å²) in [4.78, 5) is 13.8. The molecule has 0 aliphatic carbocycles. The van der Waals surface area contributed by atoms with Gasteiger partial charge in [-0.1, -0.05) is 54.1 Å². The van der Waals surface area contributed by atoms with Crippen molar-refractivity contribution in [3.05, 3.63) is 89.5 Å². The first-order valence-electron chi connectivity index (χ1n) is 11.5. The topological polar surface area (TPSA) is 104 Å². The van der Waals surface area contributed by atoms with E-state index in [-0.39, 0.29) is 29.4 Å². The van der Waals surface area contributed by atoms with Crippen molar-refractivity contribution in [1.29, 1.82) is 0 Å². The minimum atomic E-state index is -4.06. The minimum absolute atomic E-state index is 0.0462. The fraction of sp³-hybridized carbons (Fsp3) is 0.269. The molecular weight excluding hydrogens is 498 g/mol. The lowest BCUT2D eigenvalue weighted by Gasteiger charge is -2.39. The van der Waals surface area contributed by atoms with Gasteiger partial charge in [0.05, 0.1) is 9.79 Å². The number of anilines is 1. The van der Waals surface area contributed by atoms with Crippen LogP contribution < -0.4 is 5.32 Å². The molecule has 36 heavy (non-hydrogen) atoms. The summed E-state index contributed by atoms with van der Waals surface area (Å²) < 4.78 is 56.0. The van der Waals surface area contributed by atoms with Gasteiger partial charge in [0.2, 0.25) is 26.0 Å². The highest BCUT2D eigenvalue weighted by atomic mass is 32.2. The summed E-state index contributed by atoms with van der Waals surface area (Å²) in [6.45, 7) is 5.14. The van der Waals surface area contributed by atoms with E-state index in [2.05, 4.69) is 5.32 Å². The Bertz CT molecular complexity index is 1450. The molecule has 0 radical (unpaired) electrons. The number of benzene rings is 3. The standard InChI is InChI=1S/C26H29N3O5S2/c1-19-16-20(2)25(21(3)17-19)27-26(30)24-18-28(35(31,32)22-10-6-4-7-11-22)14-15-29(24)36(33,34)23-12-8-5-9-13-23/h4-13,16-17,24H,14-15,18H2,1-3H3,(H,27,30)/t24-/m0/s1. The van der Waals surface area contributed by atoms with E-state index in [4.69, 9.17) is 0 Å². The second-order valence-electron chi connectivity index (χ2n) is 8.88. The lowest BCUT2D eigenvalue weighted by molar-refractivity contribution is -0.120. The van der Waals surface area contributed by atoms with E-state index in [0.29, 0.717) is 5.69 Å². The van der Waals surface area contributed by atoms with Gasteiger partial charge in [-0.15, -0.1) is 0 Å². The van der Waals surface area contributed by atoms with Crippen LogP contribution in [0.1, 0.15) is 16.7 Å². The number of carbonyl (C=O) groups is 1. The maximum atomic E-state index is 13.6. The summed E-state index contributed by atoms with van der Waals surface area (Å²) in [5, 5.41) is 2.87. The average Bonchev–Trinajstić information content (AvgIpc) is 2.86. The molecule has 0 aromatic heterocycles. The second-order valence-corrected chi connectivity index (χ2v) is 12.7. The Balaban J connectivity index is 1.72. The van der Waals surface area contributed by atoms with Crippen molar-refractivity contribution >= 4 is 31.6 Å². The first kappa shape index (κ1) is 26.0. The van der Waals surface area contributed by atoms with Gasteiger partial charge in [0, 0.05) is 25.3 Å². The lowest BCUT2D eigenvalue weighted by Crippen LogP contribution is -2.60. The number of hydrogen-bond donors (Lipinski definition) is 1. The number of rotatable bonds is 6. The van der Waals surface area contributed by atoms with Crippen molar-refractivity contribution in [1.82, 2.24) is 8.61 Å². The van der Waals surface area contributed by atoms with Crippen molar-refractivity contribution in [2.24, 2.45) is 0 Å². The zero-order valence-electron chi connectivity index (χ0n) is 20.4. The number of amides is 1. The van der Waals surface area contributed by atoms with Crippen LogP contribution in [0.2, 0.25) is 0 Å². The van der Waals surface area contributed by atoms with Crippen molar-refractivity contribution in [2.75, 3.05) is 25.0 Å². The van der Waals surface area contributed by atoms with E-state index in [1.165, 1.54) is 28.6 Å². The quantitative estimate of drug-likeness (QED) is 0.530. The summed E-state index contributed by atoms with van der Waals surface area (Å²) in [5.74, 6) is -0.586. The Hall–Kier alpha value is -3.05. The first-order valence-corrected chi connectivity index (χ1v) is 14.4. The van der Waals surface area contributed by atoms with E-state index < -0.39 is 32.0 Å². The summed E-state index contributed by atoms with van der Waals surface area (Å²) in [7, 11) is -7.98. The van der Waals surface area contributed by atoms with Gasteiger partial charge in [-0.25, -0.2) is 16.8 Å². The Morgan fingerprint density at radius 1 is 0.778 bits per heavy atom. The molecule has 3 aromatic rings. The molecule has 1 atom stereocenters. The third-order valence-corrected chi connectivity index (χ3v) is 10.1. The second kappa shape index (κ2) is 10.1. The molecule has 1 amide bonds. The molecule has 10 heteroatoms. The smallest absolute Gasteiger partial charge is 0.244 e. The SMILES string of the molecule is Cc1cc(C)c(NC(=O)[C@@H]2CN(S(=O)(=O)c3ccccc3)CCN2S(=O)(=O)c2ccccc2)c(C)c1. The molecule has 3 aromatic carbocycles. The Labute approximate surface area is 212 Å². The van der Waals surface area contributed by atoms with Crippen LogP contribution >= 0.6 is 0 Å². The number of hydrogen-bond acceptors (Lipinski definition) is 5. The van der Waals surface area contributed by atoms with Gasteiger partial charge in [-0.05, 0) is 56.2 Å². The molecule has 4 rings (SSSR count). The van der Waals surface area contributed by atoms with Gasteiger partial charge in [-0.3, -0.25) is 4.79 Å². The molecule has 0 bridgehead atoms. The van der Waals surface area contributed by atoms with Gasteiger partial charge < -0.3 is 5.32 Å². The zero-order chi connectivity index (χ0) is 26.1. The maximum Gasteiger partial charge on any atom is 0.244 e. The molecular formula is C26H29N3O5S2. The van der Waals surface area contributed by atoms with Crippen LogP contribution in [0.3, 0.4) is 0 Å².